The van der Waals surface area contributed by atoms with Gasteiger partial charge in [0.15, 0.2) is 0 Å². The Morgan fingerprint density at radius 2 is 1.74 bits per heavy atom. The Hall–Kier alpha value is -3.68. The van der Waals surface area contributed by atoms with E-state index in [2.05, 4.69) is 30.2 Å². The molecule has 7 nitrogen and oxygen atoms in total. The van der Waals surface area contributed by atoms with Gasteiger partial charge >= 0.3 is 5.97 Å². The van der Waals surface area contributed by atoms with Gasteiger partial charge in [0, 0.05) is 47.9 Å². The summed E-state index contributed by atoms with van der Waals surface area (Å²) in [5.41, 5.74) is 4.61. The number of carboxylic acids is 1. The van der Waals surface area contributed by atoms with Crippen LogP contribution in [-0.4, -0.2) is 40.4 Å². The second-order valence-corrected chi connectivity index (χ2v) is 14.7. The summed E-state index contributed by atoms with van der Waals surface area (Å²) < 4.78 is 22.7. The lowest BCUT2D eigenvalue weighted by Gasteiger charge is -2.55. The van der Waals surface area contributed by atoms with Gasteiger partial charge in [-0.2, -0.15) is 5.10 Å². The number of carbonyl (C=O) groups is 2. The van der Waals surface area contributed by atoms with Crippen LogP contribution in [0, 0.1) is 30.0 Å². The average Bonchev–Trinajstić information content (AvgIpc) is 3.55. The molecule has 2 bridgehead atoms. The second kappa shape index (κ2) is 12.8. The van der Waals surface area contributed by atoms with Gasteiger partial charge in [-0.1, -0.05) is 12.1 Å². The number of amides is 1. The van der Waals surface area contributed by atoms with Crippen LogP contribution in [0.15, 0.2) is 48.8 Å². The summed E-state index contributed by atoms with van der Waals surface area (Å²) >= 11 is 0. The third-order valence-corrected chi connectivity index (χ3v) is 11.5. The zero-order valence-electron chi connectivity index (χ0n) is 27.7. The van der Waals surface area contributed by atoms with E-state index in [0.717, 1.165) is 68.4 Å². The van der Waals surface area contributed by atoms with Crippen LogP contribution >= 0.6 is 0 Å². The largest absolute Gasteiger partial charge is 0.496 e. The van der Waals surface area contributed by atoms with Crippen LogP contribution in [0.25, 0.3) is 11.1 Å². The molecule has 1 aromatic heterocycles. The van der Waals surface area contributed by atoms with E-state index in [1.54, 1.807) is 19.4 Å². The lowest BCUT2D eigenvalue weighted by atomic mass is 9.51. The fourth-order valence-corrected chi connectivity index (χ4v) is 8.52. The van der Waals surface area contributed by atoms with Crippen molar-refractivity contribution >= 4 is 17.6 Å². The highest BCUT2D eigenvalue weighted by molar-refractivity contribution is 5.96. The quantitative estimate of drug-likeness (QED) is 0.243. The SMILES string of the molecule is COc1ccc(C23CCC(CN(c4ccc(F)c(-c5cnn(C(C)C)c5)c4)C(=O)[C@H]4CC[C@H](CC(=O)O)CC4)(CC2)CC3)cc1C. The van der Waals surface area contributed by atoms with Crippen molar-refractivity contribution in [3.05, 3.63) is 65.7 Å². The van der Waals surface area contributed by atoms with Crippen molar-refractivity contribution in [2.24, 2.45) is 17.3 Å². The highest BCUT2D eigenvalue weighted by Crippen LogP contribution is 2.58. The first-order valence-electron chi connectivity index (χ1n) is 17.0. The molecule has 46 heavy (non-hydrogen) atoms. The van der Waals surface area contributed by atoms with E-state index in [1.807, 2.05) is 35.7 Å². The van der Waals surface area contributed by atoms with Crippen molar-refractivity contribution in [1.29, 1.82) is 0 Å². The van der Waals surface area contributed by atoms with Gasteiger partial charge in [-0.25, -0.2) is 4.39 Å². The average molecular weight is 630 g/mol. The number of aliphatic carboxylic acids is 1. The second-order valence-electron chi connectivity index (χ2n) is 14.7. The van der Waals surface area contributed by atoms with E-state index >= 15 is 4.39 Å². The Bertz CT molecular complexity index is 1560. The first kappa shape index (κ1) is 32.3. The number of carbonyl (C=O) groups excluding carboxylic acids is 1. The molecule has 4 aliphatic carbocycles. The van der Waals surface area contributed by atoms with Crippen LogP contribution in [0.1, 0.15) is 102 Å². The number of hydrogen-bond acceptors (Lipinski definition) is 4. The molecule has 1 amide bonds. The Morgan fingerprint density at radius 3 is 2.33 bits per heavy atom. The summed E-state index contributed by atoms with van der Waals surface area (Å²) in [6.07, 6.45) is 13.0. The van der Waals surface area contributed by atoms with E-state index in [-0.39, 0.29) is 46.9 Å². The highest BCUT2D eigenvalue weighted by Gasteiger charge is 2.50. The Kier molecular flexibility index (Phi) is 9.01. The molecule has 0 radical (unpaired) electrons. The van der Waals surface area contributed by atoms with Crippen LogP contribution < -0.4 is 9.64 Å². The summed E-state index contributed by atoms with van der Waals surface area (Å²) in [7, 11) is 1.72. The van der Waals surface area contributed by atoms with Gasteiger partial charge in [-0.3, -0.25) is 14.3 Å². The topological polar surface area (TPSA) is 84.7 Å². The number of methoxy groups -OCH3 is 1. The van der Waals surface area contributed by atoms with Crippen molar-refractivity contribution in [3.63, 3.8) is 0 Å². The van der Waals surface area contributed by atoms with Gasteiger partial charge in [0.1, 0.15) is 11.6 Å². The molecule has 4 saturated carbocycles. The lowest BCUT2D eigenvalue weighted by molar-refractivity contribution is -0.138. The van der Waals surface area contributed by atoms with Gasteiger partial charge in [-0.05, 0) is 137 Å². The fourth-order valence-electron chi connectivity index (χ4n) is 8.52. The van der Waals surface area contributed by atoms with Crippen molar-refractivity contribution in [3.8, 4) is 16.9 Å². The molecular weight excluding hydrogens is 581 g/mol. The predicted octanol–water partition coefficient (Wildman–Crippen LogP) is 8.49. The zero-order chi connectivity index (χ0) is 32.6. The zero-order valence-corrected chi connectivity index (χ0v) is 27.7. The van der Waals surface area contributed by atoms with Crippen molar-refractivity contribution in [2.75, 3.05) is 18.6 Å². The number of benzene rings is 2. The molecule has 1 heterocycles. The van der Waals surface area contributed by atoms with Gasteiger partial charge in [-0.15, -0.1) is 0 Å². The predicted molar refractivity (Wildman–Crippen MR) is 178 cm³/mol. The molecule has 3 aromatic rings. The number of ether oxygens (including phenoxy) is 1. The van der Waals surface area contributed by atoms with E-state index in [1.165, 1.54) is 11.6 Å². The van der Waals surface area contributed by atoms with E-state index in [9.17, 15) is 14.7 Å². The smallest absolute Gasteiger partial charge is 0.303 e. The Morgan fingerprint density at radius 1 is 1.04 bits per heavy atom. The summed E-state index contributed by atoms with van der Waals surface area (Å²) in [5, 5.41) is 13.7. The van der Waals surface area contributed by atoms with E-state index in [0.29, 0.717) is 30.5 Å². The van der Waals surface area contributed by atoms with Crippen molar-refractivity contribution in [1.82, 2.24) is 9.78 Å². The molecule has 1 N–H and O–H groups in total. The number of hydrogen-bond donors (Lipinski definition) is 1. The number of carboxylic acid groups (broad SMARTS) is 1. The van der Waals surface area contributed by atoms with E-state index < -0.39 is 5.97 Å². The molecule has 0 unspecified atom stereocenters. The minimum absolute atomic E-state index is 0.0104. The molecule has 0 spiro atoms. The molecule has 246 valence electrons. The number of rotatable bonds is 10. The maximum atomic E-state index is 15.3. The van der Waals surface area contributed by atoms with Gasteiger partial charge in [0.05, 0.1) is 13.3 Å². The monoisotopic (exact) mass is 629 g/mol. The number of halogens is 1. The Balaban J connectivity index is 1.27. The maximum absolute atomic E-state index is 15.3. The van der Waals surface area contributed by atoms with E-state index in [4.69, 9.17) is 4.74 Å². The third kappa shape index (κ3) is 6.32. The molecular formula is C38H48FN3O4. The molecule has 2 aromatic carbocycles. The van der Waals surface area contributed by atoms with Crippen LogP contribution in [0.5, 0.6) is 5.75 Å². The van der Waals surface area contributed by atoms with Crippen LogP contribution in [0.2, 0.25) is 0 Å². The molecule has 0 atom stereocenters. The minimum Gasteiger partial charge on any atom is -0.496 e. The summed E-state index contributed by atoms with van der Waals surface area (Å²) in [5.74, 6) is -0.135. The standard InChI is InChI=1S/C38H48FN3O4/c1-25(2)42-23-29(22-40-42)32-21-31(10-11-33(32)39)41(36(45)28-7-5-27(6-8-28)20-35(43)44)24-37-13-16-38(17-14-37,18-15-37)30-9-12-34(46-4)26(3)19-30/h9-12,19,21-23,25,27-28H,5-8,13-18,20,24H2,1-4H3,(H,43,44)/t27-,28-,37?,38?. The molecule has 7 rings (SSSR count). The third-order valence-electron chi connectivity index (χ3n) is 11.5. The van der Waals surface area contributed by atoms with Crippen LogP contribution in [-0.2, 0) is 15.0 Å². The van der Waals surface area contributed by atoms with Gasteiger partial charge in [0.2, 0.25) is 5.91 Å². The number of nitrogens with zero attached hydrogens (tertiary/aromatic N) is 3. The Labute approximate surface area is 272 Å². The highest BCUT2D eigenvalue weighted by atomic mass is 19.1. The minimum atomic E-state index is -0.773. The molecule has 0 saturated heterocycles. The first-order valence-corrected chi connectivity index (χ1v) is 17.0. The lowest BCUT2D eigenvalue weighted by Crippen LogP contribution is -2.51. The van der Waals surface area contributed by atoms with Gasteiger partial charge < -0.3 is 14.7 Å². The van der Waals surface area contributed by atoms with Crippen molar-refractivity contribution in [2.45, 2.75) is 103 Å². The van der Waals surface area contributed by atoms with Crippen LogP contribution in [0.3, 0.4) is 0 Å². The van der Waals surface area contributed by atoms with Crippen molar-refractivity contribution < 1.29 is 23.8 Å². The van der Waals surface area contributed by atoms with Crippen LogP contribution in [0.4, 0.5) is 10.1 Å². The van der Waals surface area contributed by atoms with Gasteiger partial charge in [0.25, 0.3) is 0 Å². The molecule has 4 aliphatic rings. The number of fused-ring (bicyclic) bond motifs is 3. The molecule has 4 fully saturated rings. The first-order chi connectivity index (χ1) is 22.0. The normalized spacial score (nSPS) is 25.9. The number of anilines is 1. The summed E-state index contributed by atoms with van der Waals surface area (Å²) in [4.78, 5) is 27.8. The molecule has 8 heteroatoms. The maximum Gasteiger partial charge on any atom is 0.303 e. The summed E-state index contributed by atoms with van der Waals surface area (Å²) in [6.45, 7) is 6.80. The number of aryl methyl sites for hydroxylation is 1. The summed E-state index contributed by atoms with van der Waals surface area (Å²) in [6, 6.07) is 11.9. The molecule has 0 aliphatic heterocycles. The number of aromatic nitrogens is 2. The fraction of sp³-hybridized carbons (Fsp3) is 0.553.